The molecule has 0 aliphatic rings. The van der Waals surface area contributed by atoms with Crippen LogP contribution in [0.3, 0.4) is 0 Å². The van der Waals surface area contributed by atoms with Gasteiger partial charge >= 0.3 is 0 Å². The van der Waals surface area contributed by atoms with Crippen molar-refractivity contribution >= 4 is 27.5 Å². The molecule has 0 aliphatic heterocycles. The average Bonchev–Trinajstić information content (AvgIpc) is 2.52. The first-order chi connectivity index (χ1) is 6.25. The van der Waals surface area contributed by atoms with Gasteiger partial charge in [-0.15, -0.1) is 0 Å². The summed E-state index contributed by atoms with van der Waals surface area (Å²) in [5, 5.41) is 4.10. The lowest BCUT2D eigenvalue weighted by Crippen LogP contribution is -1.75. The molecule has 2 aromatic rings. The Labute approximate surface area is 88.6 Å². The molecule has 0 aliphatic carbocycles. The third-order valence-corrected chi connectivity index (χ3v) is 2.27. The second kappa shape index (κ2) is 3.52. The zero-order valence-electron chi connectivity index (χ0n) is 6.50. The quantitative estimate of drug-likeness (QED) is 0.778. The van der Waals surface area contributed by atoms with Crippen molar-refractivity contribution in [3.63, 3.8) is 0 Å². The number of rotatable bonds is 1. The first kappa shape index (κ1) is 8.78. The maximum atomic E-state index is 5.61. The predicted molar refractivity (Wildman–Crippen MR) is 54.6 cm³/mol. The fraction of sp³-hybridized carbons (Fsp3) is 0. The molecule has 0 spiro atoms. The molecule has 2 rings (SSSR count). The summed E-state index contributed by atoms with van der Waals surface area (Å²) in [6.07, 6.45) is 0. The van der Waals surface area contributed by atoms with Crippen LogP contribution in [0.4, 0.5) is 0 Å². The van der Waals surface area contributed by atoms with Gasteiger partial charge in [0.15, 0.2) is 0 Å². The van der Waals surface area contributed by atoms with Crippen molar-refractivity contribution in [2.75, 3.05) is 0 Å². The molecule has 1 aromatic heterocycles. The largest absolute Gasteiger partial charge is 0.344 e. The van der Waals surface area contributed by atoms with E-state index in [-0.39, 0.29) is 0 Å². The maximum absolute atomic E-state index is 5.61. The lowest BCUT2D eigenvalue weighted by atomic mass is 10.2. The summed E-state index contributed by atoms with van der Waals surface area (Å²) in [5.74, 6) is 0. The Bertz CT molecular complexity index is 427. The molecular formula is C9H5BrClNO. The van der Waals surface area contributed by atoms with Crippen LogP contribution in [0.15, 0.2) is 39.3 Å². The van der Waals surface area contributed by atoms with Crippen LogP contribution in [0.1, 0.15) is 0 Å². The minimum atomic E-state index is 0.301. The van der Waals surface area contributed by atoms with Gasteiger partial charge in [-0.3, -0.25) is 0 Å². The zero-order chi connectivity index (χ0) is 9.26. The van der Waals surface area contributed by atoms with Gasteiger partial charge in [-0.2, -0.15) is 0 Å². The van der Waals surface area contributed by atoms with Crippen LogP contribution in [-0.4, -0.2) is 5.16 Å². The van der Waals surface area contributed by atoms with E-state index in [1.165, 1.54) is 0 Å². The Morgan fingerprint density at radius 2 is 2.15 bits per heavy atom. The number of hydrogen-bond donors (Lipinski definition) is 0. The molecule has 1 heterocycles. The summed E-state index contributed by atoms with van der Waals surface area (Å²) in [7, 11) is 0. The molecule has 1 aromatic carbocycles. The monoisotopic (exact) mass is 257 g/mol. The van der Waals surface area contributed by atoms with Crippen molar-refractivity contribution in [3.8, 4) is 11.3 Å². The average molecular weight is 259 g/mol. The second-order valence-electron chi connectivity index (χ2n) is 2.53. The highest BCUT2D eigenvalue weighted by Crippen LogP contribution is 2.23. The summed E-state index contributed by atoms with van der Waals surface area (Å²) >= 11 is 8.98. The topological polar surface area (TPSA) is 26.0 Å². The van der Waals surface area contributed by atoms with Crippen molar-refractivity contribution in [3.05, 3.63) is 40.0 Å². The SMILES string of the molecule is Clc1cc(-c2cccc(Br)c2)no1. The highest BCUT2D eigenvalue weighted by Gasteiger charge is 2.04. The Balaban J connectivity index is 2.46. The molecule has 0 fully saturated rings. The number of nitrogens with zero attached hydrogens (tertiary/aromatic N) is 1. The van der Waals surface area contributed by atoms with E-state index >= 15 is 0 Å². The van der Waals surface area contributed by atoms with Crippen molar-refractivity contribution in [2.45, 2.75) is 0 Å². The predicted octanol–water partition coefficient (Wildman–Crippen LogP) is 3.76. The Morgan fingerprint density at radius 3 is 2.77 bits per heavy atom. The molecule has 2 nitrogen and oxygen atoms in total. The van der Waals surface area contributed by atoms with Crippen LogP contribution in [0.25, 0.3) is 11.3 Å². The van der Waals surface area contributed by atoms with Gasteiger partial charge in [0.2, 0.25) is 5.22 Å². The summed E-state index contributed by atoms with van der Waals surface area (Å²) in [6.45, 7) is 0. The first-order valence-electron chi connectivity index (χ1n) is 3.64. The molecule has 66 valence electrons. The summed E-state index contributed by atoms with van der Waals surface area (Å²) in [5.41, 5.74) is 1.72. The summed E-state index contributed by atoms with van der Waals surface area (Å²) in [4.78, 5) is 0. The minimum absolute atomic E-state index is 0.301. The van der Waals surface area contributed by atoms with E-state index in [1.807, 2.05) is 24.3 Å². The third-order valence-electron chi connectivity index (χ3n) is 1.60. The van der Waals surface area contributed by atoms with E-state index in [1.54, 1.807) is 6.07 Å². The molecule has 0 amide bonds. The molecule has 13 heavy (non-hydrogen) atoms. The number of hydrogen-bond acceptors (Lipinski definition) is 2. The van der Waals surface area contributed by atoms with E-state index < -0.39 is 0 Å². The van der Waals surface area contributed by atoms with Gasteiger partial charge in [0.25, 0.3) is 0 Å². The molecule has 0 unspecified atom stereocenters. The number of halogens is 2. The van der Waals surface area contributed by atoms with E-state index in [9.17, 15) is 0 Å². The van der Waals surface area contributed by atoms with Gasteiger partial charge in [0, 0.05) is 16.1 Å². The van der Waals surface area contributed by atoms with Crippen LogP contribution in [0.2, 0.25) is 5.22 Å². The van der Waals surface area contributed by atoms with E-state index in [2.05, 4.69) is 21.1 Å². The Hall–Kier alpha value is -0.800. The molecule has 0 N–H and O–H groups in total. The lowest BCUT2D eigenvalue weighted by Gasteiger charge is -1.94. The van der Waals surface area contributed by atoms with Crippen LogP contribution in [0.5, 0.6) is 0 Å². The zero-order valence-corrected chi connectivity index (χ0v) is 8.84. The van der Waals surface area contributed by atoms with Gasteiger partial charge in [-0.05, 0) is 23.7 Å². The first-order valence-corrected chi connectivity index (χ1v) is 4.81. The van der Waals surface area contributed by atoms with Gasteiger partial charge in [0.05, 0.1) is 0 Å². The molecule has 0 radical (unpaired) electrons. The van der Waals surface area contributed by atoms with Crippen LogP contribution < -0.4 is 0 Å². The highest BCUT2D eigenvalue weighted by molar-refractivity contribution is 9.10. The standard InChI is InChI=1S/C9H5BrClNO/c10-7-3-1-2-6(4-7)8-5-9(11)13-12-8/h1-5H. The van der Waals surface area contributed by atoms with E-state index in [0.717, 1.165) is 15.7 Å². The summed E-state index contributed by atoms with van der Waals surface area (Å²) in [6, 6.07) is 9.46. The molecule has 0 atom stereocenters. The summed E-state index contributed by atoms with van der Waals surface area (Å²) < 4.78 is 5.76. The van der Waals surface area contributed by atoms with Crippen LogP contribution in [-0.2, 0) is 0 Å². The smallest absolute Gasteiger partial charge is 0.226 e. The molecule has 0 saturated carbocycles. The molecule has 0 bridgehead atoms. The fourth-order valence-corrected chi connectivity index (χ4v) is 1.57. The second-order valence-corrected chi connectivity index (χ2v) is 3.81. The van der Waals surface area contributed by atoms with E-state index in [0.29, 0.717) is 5.22 Å². The Kier molecular flexibility index (Phi) is 2.38. The number of benzene rings is 1. The fourth-order valence-electron chi connectivity index (χ4n) is 1.04. The van der Waals surface area contributed by atoms with Gasteiger partial charge < -0.3 is 4.52 Å². The van der Waals surface area contributed by atoms with Gasteiger partial charge in [0.1, 0.15) is 5.69 Å². The molecular weight excluding hydrogens is 253 g/mol. The Morgan fingerprint density at radius 1 is 1.31 bits per heavy atom. The molecule has 4 heteroatoms. The highest BCUT2D eigenvalue weighted by atomic mass is 79.9. The van der Waals surface area contributed by atoms with Crippen molar-refractivity contribution in [1.82, 2.24) is 5.16 Å². The van der Waals surface area contributed by atoms with Gasteiger partial charge in [-0.25, -0.2) is 0 Å². The van der Waals surface area contributed by atoms with Gasteiger partial charge in [-0.1, -0.05) is 33.2 Å². The molecule has 0 saturated heterocycles. The van der Waals surface area contributed by atoms with Crippen molar-refractivity contribution in [2.24, 2.45) is 0 Å². The minimum Gasteiger partial charge on any atom is -0.344 e. The van der Waals surface area contributed by atoms with Crippen molar-refractivity contribution in [1.29, 1.82) is 0 Å². The third kappa shape index (κ3) is 1.92. The van der Waals surface area contributed by atoms with Crippen LogP contribution >= 0.6 is 27.5 Å². The maximum Gasteiger partial charge on any atom is 0.226 e. The van der Waals surface area contributed by atoms with Crippen LogP contribution in [0, 0.1) is 0 Å². The normalized spacial score (nSPS) is 10.3. The van der Waals surface area contributed by atoms with E-state index in [4.69, 9.17) is 16.1 Å². The van der Waals surface area contributed by atoms with Crippen molar-refractivity contribution < 1.29 is 4.52 Å². The number of aromatic nitrogens is 1. The lowest BCUT2D eigenvalue weighted by molar-refractivity contribution is 0.424.